The van der Waals surface area contributed by atoms with Gasteiger partial charge in [0.1, 0.15) is 5.75 Å². The maximum Gasteiger partial charge on any atom is 0.142 e. The lowest BCUT2D eigenvalue weighted by Gasteiger charge is -2.09. The van der Waals surface area contributed by atoms with Gasteiger partial charge >= 0.3 is 0 Å². The van der Waals surface area contributed by atoms with Crippen LogP contribution in [0.3, 0.4) is 0 Å². The van der Waals surface area contributed by atoms with Gasteiger partial charge < -0.3 is 4.74 Å². The van der Waals surface area contributed by atoms with Gasteiger partial charge in [0.15, 0.2) is 0 Å². The quantitative estimate of drug-likeness (QED) is 0.389. The van der Waals surface area contributed by atoms with Gasteiger partial charge in [0.2, 0.25) is 0 Å². The van der Waals surface area contributed by atoms with E-state index in [0.29, 0.717) is 5.88 Å². The van der Waals surface area contributed by atoms with Crippen molar-refractivity contribution >= 4 is 11.6 Å². The Balaban J connectivity index is 2.09. The zero-order valence-electron chi connectivity index (χ0n) is 13.0. The van der Waals surface area contributed by atoms with Crippen LogP contribution in [0.1, 0.15) is 69.7 Å². The number of halogens is 1. The Hall–Kier alpha value is -0.760. The molecule has 0 spiro atoms. The van der Waals surface area contributed by atoms with Gasteiger partial charge in [-0.2, -0.15) is 0 Å². The topological polar surface area (TPSA) is 22.1 Å². The van der Waals surface area contributed by atoms with Crippen LogP contribution in [0.4, 0.5) is 0 Å². The highest BCUT2D eigenvalue weighted by Crippen LogP contribution is 2.19. The second-order valence-electron chi connectivity index (χ2n) is 5.35. The number of nitrogens with zero attached hydrogens (tertiary/aromatic N) is 1. The molecule has 2 nitrogen and oxygen atoms in total. The first-order valence-corrected chi connectivity index (χ1v) is 8.46. The predicted molar refractivity (Wildman–Crippen MR) is 86.6 cm³/mol. The number of aryl methyl sites for hydroxylation is 1. The summed E-state index contributed by atoms with van der Waals surface area (Å²) >= 11 is 5.88. The van der Waals surface area contributed by atoms with E-state index >= 15 is 0 Å². The Bertz CT molecular complexity index is 368. The second kappa shape index (κ2) is 11.0. The third-order valence-electron chi connectivity index (χ3n) is 3.45. The van der Waals surface area contributed by atoms with E-state index in [1.165, 1.54) is 44.9 Å². The first-order valence-electron chi connectivity index (χ1n) is 7.93. The number of hydrogen-bond acceptors (Lipinski definition) is 2. The van der Waals surface area contributed by atoms with Crippen molar-refractivity contribution in [1.82, 2.24) is 4.98 Å². The molecule has 0 fully saturated rings. The fourth-order valence-corrected chi connectivity index (χ4v) is 2.43. The maximum absolute atomic E-state index is 5.88. The van der Waals surface area contributed by atoms with E-state index in [1.807, 2.05) is 19.1 Å². The van der Waals surface area contributed by atoms with E-state index in [0.717, 1.165) is 30.2 Å². The van der Waals surface area contributed by atoms with Crippen molar-refractivity contribution in [1.29, 1.82) is 0 Å². The molecule has 0 bridgehead atoms. The molecule has 0 aromatic carbocycles. The van der Waals surface area contributed by atoms with Gasteiger partial charge in [-0.1, -0.05) is 51.9 Å². The number of rotatable bonds is 11. The summed E-state index contributed by atoms with van der Waals surface area (Å²) in [5.74, 6) is 1.25. The Kier molecular flexibility index (Phi) is 9.48. The van der Waals surface area contributed by atoms with Crippen molar-refractivity contribution in [2.45, 2.75) is 71.1 Å². The van der Waals surface area contributed by atoms with Gasteiger partial charge in [0.25, 0.3) is 0 Å². The number of pyridine rings is 1. The first kappa shape index (κ1) is 17.3. The Labute approximate surface area is 128 Å². The summed E-state index contributed by atoms with van der Waals surface area (Å²) in [7, 11) is 0. The summed E-state index contributed by atoms with van der Waals surface area (Å²) in [6.45, 7) is 4.99. The van der Waals surface area contributed by atoms with Crippen molar-refractivity contribution in [2.75, 3.05) is 6.61 Å². The molecule has 0 aliphatic carbocycles. The number of aromatic nitrogens is 1. The molecule has 0 saturated heterocycles. The molecule has 0 aliphatic heterocycles. The van der Waals surface area contributed by atoms with E-state index in [4.69, 9.17) is 16.3 Å². The normalized spacial score (nSPS) is 10.8. The average Bonchev–Trinajstić information content (AvgIpc) is 2.46. The van der Waals surface area contributed by atoms with Crippen LogP contribution in [0.5, 0.6) is 5.75 Å². The van der Waals surface area contributed by atoms with Crippen LogP contribution in [0.15, 0.2) is 12.1 Å². The minimum absolute atomic E-state index is 0.411. The Morgan fingerprint density at radius 3 is 2.30 bits per heavy atom. The molecule has 0 unspecified atom stereocenters. The van der Waals surface area contributed by atoms with E-state index in [9.17, 15) is 0 Å². The summed E-state index contributed by atoms with van der Waals surface area (Å²) in [5, 5.41) is 0. The molecular formula is C17H28ClNO. The highest BCUT2D eigenvalue weighted by atomic mass is 35.5. The molecule has 0 radical (unpaired) electrons. The van der Waals surface area contributed by atoms with Crippen LogP contribution in [-0.2, 0) is 5.88 Å². The van der Waals surface area contributed by atoms with Crippen molar-refractivity contribution in [3.63, 3.8) is 0 Å². The minimum atomic E-state index is 0.411. The average molecular weight is 298 g/mol. The van der Waals surface area contributed by atoms with Crippen molar-refractivity contribution in [3.05, 3.63) is 23.5 Å². The van der Waals surface area contributed by atoms with Crippen LogP contribution in [0.2, 0.25) is 0 Å². The lowest BCUT2D eigenvalue weighted by Crippen LogP contribution is -2.01. The molecule has 114 valence electrons. The number of ether oxygens (including phenoxy) is 1. The number of alkyl halides is 1. The van der Waals surface area contributed by atoms with Crippen molar-refractivity contribution < 1.29 is 4.74 Å². The number of unbranched alkanes of at least 4 members (excludes halogenated alkanes) is 7. The van der Waals surface area contributed by atoms with E-state index in [2.05, 4.69) is 11.9 Å². The molecule has 3 heteroatoms. The van der Waals surface area contributed by atoms with Gasteiger partial charge in [-0.05, 0) is 25.5 Å². The lowest BCUT2D eigenvalue weighted by molar-refractivity contribution is 0.300. The minimum Gasteiger partial charge on any atom is -0.492 e. The lowest BCUT2D eigenvalue weighted by atomic mass is 10.1. The smallest absolute Gasteiger partial charge is 0.142 e. The summed E-state index contributed by atoms with van der Waals surface area (Å²) in [6, 6.07) is 3.95. The van der Waals surface area contributed by atoms with Crippen molar-refractivity contribution in [2.24, 2.45) is 0 Å². The molecule has 1 aromatic rings. The van der Waals surface area contributed by atoms with Gasteiger partial charge in [-0.15, -0.1) is 11.6 Å². The monoisotopic (exact) mass is 297 g/mol. The van der Waals surface area contributed by atoms with E-state index in [-0.39, 0.29) is 0 Å². The highest BCUT2D eigenvalue weighted by molar-refractivity contribution is 6.17. The van der Waals surface area contributed by atoms with Gasteiger partial charge in [0.05, 0.1) is 18.2 Å². The highest BCUT2D eigenvalue weighted by Gasteiger charge is 2.04. The summed E-state index contributed by atoms with van der Waals surface area (Å²) < 4.78 is 5.78. The van der Waals surface area contributed by atoms with E-state index < -0.39 is 0 Å². The van der Waals surface area contributed by atoms with Gasteiger partial charge in [-0.3, -0.25) is 4.98 Å². The predicted octanol–water partition coefficient (Wildman–Crippen LogP) is 5.65. The molecular weight excluding hydrogens is 270 g/mol. The van der Waals surface area contributed by atoms with Crippen molar-refractivity contribution in [3.8, 4) is 5.75 Å². The van der Waals surface area contributed by atoms with Crippen LogP contribution in [0.25, 0.3) is 0 Å². The molecule has 1 aromatic heterocycles. The number of hydrogen-bond donors (Lipinski definition) is 0. The fraction of sp³-hybridized carbons (Fsp3) is 0.706. The Morgan fingerprint density at radius 2 is 1.65 bits per heavy atom. The molecule has 1 rings (SSSR count). The van der Waals surface area contributed by atoms with Gasteiger partial charge in [0, 0.05) is 5.69 Å². The third-order valence-corrected chi connectivity index (χ3v) is 3.71. The standard InChI is InChI=1S/C17H28ClNO/c1-3-4-5-6-7-8-9-10-13-20-17-12-11-15(2)19-16(17)14-18/h11-12H,3-10,13-14H2,1-2H3. The largest absolute Gasteiger partial charge is 0.492 e. The van der Waals surface area contributed by atoms with Gasteiger partial charge in [-0.25, -0.2) is 0 Å². The van der Waals surface area contributed by atoms with Crippen LogP contribution < -0.4 is 4.74 Å². The first-order chi connectivity index (χ1) is 9.77. The molecule has 1 heterocycles. The maximum atomic E-state index is 5.88. The van der Waals surface area contributed by atoms with Crippen LogP contribution >= 0.6 is 11.6 Å². The molecule has 0 saturated carbocycles. The van der Waals surface area contributed by atoms with E-state index in [1.54, 1.807) is 0 Å². The SMILES string of the molecule is CCCCCCCCCCOc1ccc(C)nc1CCl. The summed E-state index contributed by atoms with van der Waals surface area (Å²) in [4.78, 5) is 4.39. The Morgan fingerprint density at radius 1 is 1.00 bits per heavy atom. The molecule has 20 heavy (non-hydrogen) atoms. The summed E-state index contributed by atoms with van der Waals surface area (Å²) in [5.41, 5.74) is 1.84. The molecule has 0 N–H and O–H groups in total. The summed E-state index contributed by atoms with van der Waals surface area (Å²) in [6.07, 6.45) is 10.5. The van der Waals surface area contributed by atoms with Crippen LogP contribution in [-0.4, -0.2) is 11.6 Å². The molecule has 0 amide bonds. The molecule has 0 atom stereocenters. The zero-order chi connectivity index (χ0) is 14.6. The van der Waals surface area contributed by atoms with Crippen LogP contribution in [0, 0.1) is 6.92 Å². The zero-order valence-corrected chi connectivity index (χ0v) is 13.7. The molecule has 0 aliphatic rings. The third kappa shape index (κ3) is 7.14. The fourth-order valence-electron chi connectivity index (χ4n) is 2.24. The second-order valence-corrected chi connectivity index (χ2v) is 5.62.